The average molecular weight is 422 g/mol. The van der Waals surface area contributed by atoms with Crippen molar-refractivity contribution in [2.45, 2.75) is 13.8 Å². The van der Waals surface area contributed by atoms with E-state index >= 15 is 0 Å². The van der Waals surface area contributed by atoms with E-state index in [4.69, 9.17) is 28.2 Å². The van der Waals surface area contributed by atoms with Crippen molar-refractivity contribution >= 4 is 55.8 Å². The van der Waals surface area contributed by atoms with Crippen molar-refractivity contribution in [3.05, 3.63) is 57.1 Å². The number of aromatic nitrogens is 1. The van der Waals surface area contributed by atoms with Gasteiger partial charge in [-0.05, 0) is 63.3 Å². The summed E-state index contributed by atoms with van der Waals surface area (Å²) in [6, 6.07) is 9.07. The standard InChI is InChI=1S/C20H21Cl2N3OS/c1-12-5-8-17-18(13(12)2)23-20(27-17)25(10-9-24(3)4)19(26)15-11-14(21)6-7-16(15)22/h5-8,11H,9-10H2,1-4H3. The Morgan fingerprint density at radius 1 is 1.11 bits per heavy atom. The van der Waals surface area contributed by atoms with Crippen LogP contribution in [0.25, 0.3) is 10.2 Å². The fourth-order valence-corrected chi connectivity index (χ4v) is 4.14. The zero-order valence-electron chi connectivity index (χ0n) is 15.7. The molecule has 142 valence electrons. The van der Waals surface area contributed by atoms with E-state index in [1.165, 1.54) is 16.9 Å². The molecule has 2 aromatic carbocycles. The van der Waals surface area contributed by atoms with Gasteiger partial charge in [-0.3, -0.25) is 9.69 Å². The Morgan fingerprint density at radius 3 is 2.56 bits per heavy atom. The maximum Gasteiger partial charge on any atom is 0.261 e. The summed E-state index contributed by atoms with van der Waals surface area (Å²) in [4.78, 5) is 21.8. The quantitative estimate of drug-likeness (QED) is 0.550. The molecule has 1 aromatic heterocycles. The van der Waals surface area contributed by atoms with Gasteiger partial charge < -0.3 is 4.90 Å². The molecule has 0 aliphatic rings. The third-order valence-electron chi connectivity index (χ3n) is 4.48. The lowest BCUT2D eigenvalue weighted by Crippen LogP contribution is -2.36. The Bertz CT molecular complexity index is 1000. The smallest absolute Gasteiger partial charge is 0.261 e. The third-order valence-corrected chi connectivity index (χ3v) is 6.09. The number of hydrogen-bond donors (Lipinski definition) is 0. The first kappa shape index (κ1) is 20.1. The number of anilines is 1. The van der Waals surface area contributed by atoms with Crippen molar-refractivity contribution in [1.29, 1.82) is 0 Å². The van der Waals surface area contributed by atoms with Crippen LogP contribution in [-0.4, -0.2) is 43.0 Å². The van der Waals surface area contributed by atoms with Crippen molar-refractivity contribution in [1.82, 2.24) is 9.88 Å². The highest BCUT2D eigenvalue weighted by atomic mass is 35.5. The summed E-state index contributed by atoms with van der Waals surface area (Å²) in [5.41, 5.74) is 3.64. The van der Waals surface area contributed by atoms with E-state index in [0.29, 0.717) is 33.8 Å². The van der Waals surface area contributed by atoms with Gasteiger partial charge in [0.05, 0.1) is 20.8 Å². The molecule has 0 spiro atoms. The minimum atomic E-state index is -0.196. The van der Waals surface area contributed by atoms with Crippen LogP contribution in [0.15, 0.2) is 30.3 Å². The Labute approximate surface area is 173 Å². The predicted molar refractivity (Wildman–Crippen MR) is 116 cm³/mol. The lowest BCUT2D eigenvalue weighted by atomic mass is 10.1. The number of aryl methyl sites for hydroxylation is 2. The number of nitrogens with zero attached hydrogens (tertiary/aromatic N) is 3. The van der Waals surface area contributed by atoms with Crippen LogP contribution < -0.4 is 4.90 Å². The molecule has 0 unspecified atom stereocenters. The molecule has 0 saturated heterocycles. The lowest BCUT2D eigenvalue weighted by Gasteiger charge is -2.22. The van der Waals surface area contributed by atoms with Gasteiger partial charge >= 0.3 is 0 Å². The predicted octanol–water partition coefficient (Wildman–Crippen LogP) is 5.43. The molecule has 0 N–H and O–H groups in total. The van der Waals surface area contributed by atoms with E-state index in [2.05, 4.69) is 26.0 Å². The second kappa shape index (κ2) is 8.15. The van der Waals surface area contributed by atoms with Gasteiger partial charge in [0.2, 0.25) is 0 Å². The van der Waals surface area contributed by atoms with Gasteiger partial charge in [0.1, 0.15) is 0 Å². The third kappa shape index (κ3) is 4.27. The topological polar surface area (TPSA) is 36.4 Å². The lowest BCUT2D eigenvalue weighted by molar-refractivity contribution is 0.0985. The van der Waals surface area contributed by atoms with Crippen LogP contribution in [0.1, 0.15) is 21.5 Å². The van der Waals surface area contributed by atoms with Gasteiger partial charge in [-0.15, -0.1) is 0 Å². The molecule has 1 heterocycles. The van der Waals surface area contributed by atoms with E-state index in [-0.39, 0.29) is 5.91 Å². The van der Waals surface area contributed by atoms with Gasteiger partial charge in [0, 0.05) is 18.1 Å². The molecule has 0 aliphatic heterocycles. The average Bonchev–Trinajstić information content (AvgIpc) is 3.04. The molecule has 1 amide bonds. The Kier molecular flexibility index (Phi) is 6.06. The van der Waals surface area contributed by atoms with Crippen LogP contribution in [0.5, 0.6) is 0 Å². The monoisotopic (exact) mass is 421 g/mol. The van der Waals surface area contributed by atoms with Crippen LogP contribution in [0.2, 0.25) is 10.0 Å². The first-order valence-electron chi connectivity index (χ1n) is 8.56. The van der Waals surface area contributed by atoms with E-state index in [1.807, 2.05) is 19.0 Å². The molecule has 0 bridgehead atoms. The summed E-state index contributed by atoms with van der Waals surface area (Å²) in [5, 5.41) is 1.53. The SMILES string of the molecule is Cc1ccc2sc(N(CCN(C)C)C(=O)c3cc(Cl)ccc3Cl)nc2c1C. The number of benzene rings is 2. The number of thiazole rings is 1. The highest BCUT2D eigenvalue weighted by Crippen LogP contribution is 2.33. The van der Waals surface area contributed by atoms with E-state index in [0.717, 1.165) is 15.8 Å². The number of amides is 1. The number of hydrogen-bond acceptors (Lipinski definition) is 4. The number of fused-ring (bicyclic) bond motifs is 1. The fraction of sp³-hybridized carbons (Fsp3) is 0.300. The molecule has 0 fully saturated rings. The maximum absolute atomic E-state index is 13.3. The second-order valence-corrected chi connectivity index (χ2v) is 8.59. The molecule has 27 heavy (non-hydrogen) atoms. The van der Waals surface area contributed by atoms with Crippen molar-refractivity contribution in [2.24, 2.45) is 0 Å². The Balaban J connectivity index is 2.07. The first-order chi connectivity index (χ1) is 12.8. The second-order valence-electron chi connectivity index (χ2n) is 6.73. The zero-order valence-corrected chi connectivity index (χ0v) is 18.0. The fourth-order valence-electron chi connectivity index (χ4n) is 2.72. The van der Waals surface area contributed by atoms with Crippen LogP contribution in [0, 0.1) is 13.8 Å². The van der Waals surface area contributed by atoms with Gasteiger partial charge in [-0.25, -0.2) is 4.98 Å². The molecule has 3 rings (SSSR count). The summed E-state index contributed by atoms with van der Waals surface area (Å²) in [7, 11) is 3.95. The van der Waals surface area contributed by atoms with Crippen molar-refractivity contribution in [3.8, 4) is 0 Å². The number of carbonyl (C=O) groups excluding carboxylic acids is 1. The highest BCUT2D eigenvalue weighted by Gasteiger charge is 2.24. The number of likely N-dealkylation sites (N-methyl/N-ethyl adjacent to an activating group) is 1. The van der Waals surface area contributed by atoms with Crippen molar-refractivity contribution in [3.63, 3.8) is 0 Å². The van der Waals surface area contributed by atoms with Crippen LogP contribution >= 0.6 is 34.5 Å². The Hall–Kier alpha value is -1.66. The van der Waals surface area contributed by atoms with Crippen LogP contribution in [0.4, 0.5) is 5.13 Å². The molecule has 0 aliphatic carbocycles. The minimum absolute atomic E-state index is 0.196. The summed E-state index contributed by atoms with van der Waals surface area (Å²) >= 11 is 13.9. The van der Waals surface area contributed by atoms with Crippen molar-refractivity contribution < 1.29 is 4.79 Å². The summed E-state index contributed by atoms with van der Waals surface area (Å²) in [6.45, 7) is 5.33. The molecule has 7 heteroatoms. The number of carbonyl (C=O) groups is 1. The largest absolute Gasteiger partial charge is 0.308 e. The zero-order chi connectivity index (χ0) is 19.7. The molecule has 3 aromatic rings. The summed E-state index contributed by atoms with van der Waals surface area (Å²) in [5.74, 6) is -0.196. The van der Waals surface area contributed by atoms with Gasteiger partial charge in [-0.1, -0.05) is 40.6 Å². The van der Waals surface area contributed by atoms with Gasteiger partial charge in [0.15, 0.2) is 5.13 Å². The van der Waals surface area contributed by atoms with Crippen LogP contribution in [0.3, 0.4) is 0 Å². The molecule has 0 saturated carbocycles. The number of halogens is 2. The Morgan fingerprint density at radius 2 is 1.85 bits per heavy atom. The van der Waals surface area contributed by atoms with Gasteiger partial charge in [0.25, 0.3) is 5.91 Å². The maximum atomic E-state index is 13.3. The first-order valence-corrected chi connectivity index (χ1v) is 10.1. The molecule has 0 radical (unpaired) electrons. The van der Waals surface area contributed by atoms with E-state index in [1.54, 1.807) is 23.1 Å². The van der Waals surface area contributed by atoms with E-state index < -0.39 is 0 Å². The van der Waals surface area contributed by atoms with E-state index in [9.17, 15) is 4.79 Å². The minimum Gasteiger partial charge on any atom is -0.308 e. The number of rotatable bonds is 5. The summed E-state index contributed by atoms with van der Waals surface area (Å²) < 4.78 is 1.06. The summed E-state index contributed by atoms with van der Waals surface area (Å²) in [6.07, 6.45) is 0. The molecule has 4 nitrogen and oxygen atoms in total. The van der Waals surface area contributed by atoms with Crippen LogP contribution in [-0.2, 0) is 0 Å². The normalized spacial score (nSPS) is 11.4. The highest BCUT2D eigenvalue weighted by molar-refractivity contribution is 7.22. The van der Waals surface area contributed by atoms with Crippen molar-refractivity contribution in [2.75, 3.05) is 32.1 Å². The molecular formula is C20H21Cl2N3OS. The van der Waals surface area contributed by atoms with Gasteiger partial charge in [-0.2, -0.15) is 0 Å². The molecule has 0 atom stereocenters. The molecular weight excluding hydrogens is 401 g/mol.